The molecule has 2 aliphatic rings. The maximum Gasteiger partial charge on any atom is 0.322 e. The molecule has 1 atom stereocenters. The number of likely N-dealkylation sites (tertiary alicyclic amines) is 1. The van der Waals surface area contributed by atoms with Gasteiger partial charge in [0.15, 0.2) is 0 Å². The fourth-order valence-corrected chi connectivity index (χ4v) is 4.90. The van der Waals surface area contributed by atoms with Crippen molar-refractivity contribution >= 4 is 23.5 Å². The van der Waals surface area contributed by atoms with Crippen LogP contribution in [0.25, 0.3) is 0 Å². The molecule has 0 bridgehead atoms. The SMILES string of the molecule is O=C1NC(=O)[C@](Cc2ccccc2Cl)(C2CC[NH+](Cc3cc(F)cc(F)c3)CC2)N1. The van der Waals surface area contributed by atoms with Crippen molar-refractivity contribution in [2.75, 3.05) is 13.1 Å². The quantitative estimate of drug-likeness (QED) is 0.632. The van der Waals surface area contributed by atoms with Gasteiger partial charge in [-0.1, -0.05) is 29.8 Å². The maximum absolute atomic E-state index is 13.5. The van der Waals surface area contributed by atoms with Crippen molar-refractivity contribution < 1.29 is 23.3 Å². The van der Waals surface area contributed by atoms with Gasteiger partial charge in [-0.3, -0.25) is 10.1 Å². The van der Waals surface area contributed by atoms with E-state index in [0.717, 1.165) is 24.7 Å². The summed E-state index contributed by atoms with van der Waals surface area (Å²) in [7, 11) is 0. The van der Waals surface area contributed by atoms with Gasteiger partial charge in [0.1, 0.15) is 23.7 Å². The molecular weight excluding hydrogens is 412 g/mol. The van der Waals surface area contributed by atoms with Gasteiger partial charge in [0, 0.05) is 41.8 Å². The molecule has 0 aliphatic carbocycles. The maximum atomic E-state index is 13.5. The summed E-state index contributed by atoms with van der Waals surface area (Å²) in [5.74, 6) is -1.55. The number of carbonyl (C=O) groups is 2. The molecule has 4 rings (SSSR count). The summed E-state index contributed by atoms with van der Waals surface area (Å²) in [5.41, 5.74) is 0.374. The van der Waals surface area contributed by atoms with E-state index in [2.05, 4.69) is 10.6 Å². The largest absolute Gasteiger partial charge is 0.331 e. The number of benzene rings is 2. The third kappa shape index (κ3) is 4.18. The normalized spacial score (nSPS) is 26.4. The molecule has 0 spiro atoms. The van der Waals surface area contributed by atoms with Crippen molar-refractivity contribution in [2.24, 2.45) is 5.92 Å². The molecule has 2 aromatic rings. The van der Waals surface area contributed by atoms with E-state index in [9.17, 15) is 18.4 Å². The molecule has 2 heterocycles. The molecular formula is C22H23ClF2N3O2+. The average Bonchev–Trinajstić information content (AvgIpc) is 2.97. The number of halogens is 3. The molecule has 0 aromatic heterocycles. The van der Waals surface area contributed by atoms with Crippen LogP contribution in [-0.4, -0.2) is 30.6 Å². The van der Waals surface area contributed by atoms with E-state index in [1.54, 1.807) is 6.07 Å². The van der Waals surface area contributed by atoms with Gasteiger partial charge in [-0.05, 0) is 23.8 Å². The average molecular weight is 435 g/mol. The van der Waals surface area contributed by atoms with E-state index in [4.69, 9.17) is 11.6 Å². The molecule has 2 aromatic carbocycles. The lowest BCUT2D eigenvalue weighted by Crippen LogP contribution is -3.12. The molecule has 30 heavy (non-hydrogen) atoms. The topological polar surface area (TPSA) is 62.6 Å². The minimum atomic E-state index is -1.04. The standard InChI is InChI=1S/C22H22ClF2N3O2/c23-19-4-2-1-3-15(19)12-22(20(29)26-21(30)27-22)16-5-7-28(8-6-16)13-14-9-17(24)11-18(25)10-14/h1-4,9-11,16H,5-8,12-13H2,(H2,26,27,29,30)/p+1/t22-/m0/s1. The number of hydrogen-bond donors (Lipinski definition) is 3. The Balaban J connectivity index is 1.49. The number of piperidine rings is 1. The van der Waals surface area contributed by atoms with Crippen LogP contribution < -0.4 is 15.5 Å². The van der Waals surface area contributed by atoms with Gasteiger partial charge >= 0.3 is 6.03 Å². The van der Waals surface area contributed by atoms with Crippen LogP contribution in [0.3, 0.4) is 0 Å². The second kappa shape index (κ2) is 8.32. The van der Waals surface area contributed by atoms with Crippen LogP contribution in [0.2, 0.25) is 5.02 Å². The Kier molecular flexibility index (Phi) is 5.75. The van der Waals surface area contributed by atoms with E-state index < -0.39 is 23.2 Å². The van der Waals surface area contributed by atoms with Crippen molar-refractivity contribution in [3.05, 3.63) is 70.2 Å². The molecule has 3 N–H and O–H groups in total. The summed E-state index contributed by atoms with van der Waals surface area (Å²) < 4.78 is 26.9. The lowest BCUT2D eigenvalue weighted by atomic mass is 9.74. The molecule has 3 amide bonds. The van der Waals surface area contributed by atoms with Crippen LogP contribution in [0.5, 0.6) is 0 Å². The zero-order chi connectivity index (χ0) is 21.3. The smallest absolute Gasteiger partial charge is 0.322 e. The van der Waals surface area contributed by atoms with Crippen molar-refractivity contribution in [2.45, 2.75) is 31.3 Å². The van der Waals surface area contributed by atoms with Crippen molar-refractivity contribution in [1.82, 2.24) is 10.6 Å². The number of carbonyl (C=O) groups excluding carboxylic acids is 2. The van der Waals surface area contributed by atoms with E-state index in [1.807, 2.05) is 18.2 Å². The van der Waals surface area contributed by atoms with Crippen LogP contribution in [0, 0.1) is 17.6 Å². The number of amides is 3. The fourth-order valence-electron chi connectivity index (χ4n) is 4.70. The van der Waals surface area contributed by atoms with Gasteiger partial charge in [0.25, 0.3) is 5.91 Å². The van der Waals surface area contributed by atoms with Gasteiger partial charge in [-0.2, -0.15) is 0 Å². The summed E-state index contributed by atoms with van der Waals surface area (Å²) >= 11 is 6.32. The predicted octanol–water partition coefficient (Wildman–Crippen LogP) is 2.23. The van der Waals surface area contributed by atoms with Crippen LogP contribution in [0.1, 0.15) is 24.0 Å². The first kappa shape index (κ1) is 20.8. The first-order chi connectivity index (χ1) is 14.4. The van der Waals surface area contributed by atoms with E-state index in [0.29, 0.717) is 36.4 Å². The highest BCUT2D eigenvalue weighted by molar-refractivity contribution is 6.31. The van der Waals surface area contributed by atoms with Crippen LogP contribution in [0.4, 0.5) is 13.6 Å². The van der Waals surface area contributed by atoms with Crippen molar-refractivity contribution in [1.29, 1.82) is 0 Å². The molecule has 0 radical (unpaired) electrons. The molecule has 2 saturated heterocycles. The van der Waals surface area contributed by atoms with Crippen LogP contribution >= 0.6 is 11.6 Å². The van der Waals surface area contributed by atoms with Crippen LogP contribution in [-0.2, 0) is 17.8 Å². The van der Waals surface area contributed by atoms with E-state index in [1.165, 1.54) is 17.0 Å². The van der Waals surface area contributed by atoms with Crippen molar-refractivity contribution in [3.63, 3.8) is 0 Å². The lowest BCUT2D eigenvalue weighted by Gasteiger charge is -2.39. The lowest BCUT2D eigenvalue weighted by molar-refractivity contribution is -0.920. The minimum Gasteiger partial charge on any atom is -0.331 e. The molecule has 5 nitrogen and oxygen atoms in total. The molecule has 2 aliphatic heterocycles. The van der Waals surface area contributed by atoms with E-state index >= 15 is 0 Å². The third-order valence-electron chi connectivity index (χ3n) is 6.16. The molecule has 158 valence electrons. The summed E-state index contributed by atoms with van der Waals surface area (Å²) in [6.45, 7) is 1.98. The van der Waals surface area contributed by atoms with Crippen molar-refractivity contribution in [3.8, 4) is 0 Å². The first-order valence-electron chi connectivity index (χ1n) is 10.0. The van der Waals surface area contributed by atoms with Gasteiger partial charge < -0.3 is 10.2 Å². The number of quaternary nitrogens is 1. The molecule has 8 heteroatoms. The number of nitrogens with one attached hydrogen (secondary N) is 3. The zero-order valence-electron chi connectivity index (χ0n) is 16.3. The molecule has 0 saturated carbocycles. The van der Waals surface area contributed by atoms with E-state index in [-0.39, 0.29) is 11.8 Å². The second-order valence-corrected chi connectivity index (χ2v) is 8.53. The molecule has 0 unspecified atom stereocenters. The zero-order valence-corrected chi connectivity index (χ0v) is 17.1. The highest BCUT2D eigenvalue weighted by Gasteiger charge is 2.53. The Bertz CT molecular complexity index is 958. The highest BCUT2D eigenvalue weighted by atomic mass is 35.5. The summed E-state index contributed by atoms with van der Waals surface area (Å²) in [5, 5.41) is 5.82. The van der Waals surface area contributed by atoms with Gasteiger partial charge in [-0.25, -0.2) is 13.6 Å². The number of imide groups is 1. The number of urea groups is 1. The Morgan fingerprint density at radius 3 is 2.33 bits per heavy atom. The fraction of sp³-hybridized carbons (Fsp3) is 0.364. The van der Waals surface area contributed by atoms with Crippen LogP contribution in [0.15, 0.2) is 42.5 Å². The second-order valence-electron chi connectivity index (χ2n) is 8.13. The Labute approximate surface area is 178 Å². The van der Waals surface area contributed by atoms with Gasteiger partial charge in [0.05, 0.1) is 13.1 Å². The highest BCUT2D eigenvalue weighted by Crippen LogP contribution is 2.33. The van der Waals surface area contributed by atoms with Gasteiger partial charge in [-0.15, -0.1) is 0 Å². The first-order valence-corrected chi connectivity index (χ1v) is 10.4. The summed E-state index contributed by atoms with van der Waals surface area (Å²) in [6.07, 6.45) is 1.72. The summed E-state index contributed by atoms with van der Waals surface area (Å²) in [4.78, 5) is 26.0. The number of hydrogen-bond acceptors (Lipinski definition) is 2. The Morgan fingerprint density at radius 2 is 1.73 bits per heavy atom. The summed E-state index contributed by atoms with van der Waals surface area (Å²) in [6, 6.07) is 10.4. The Morgan fingerprint density at radius 1 is 1.07 bits per heavy atom. The predicted molar refractivity (Wildman–Crippen MR) is 108 cm³/mol. The Hall–Kier alpha value is -2.51. The third-order valence-corrected chi connectivity index (χ3v) is 6.53. The number of rotatable bonds is 5. The van der Waals surface area contributed by atoms with Gasteiger partial charge in [0.2, 0.25) is 0 Å². The minimum absolute atomic E-state index is 0.0618. The molecule has 2 fully saturated rings. The monoisotopic (exact) mass is 434 g/mol.